The lowest BCUT2D eigenvalue weighted by molar-refractivity contribution is 0.0247. The van der Waals surface area contributed by atoms with Gasteiger partial charge >= 0.3 is 0 Å². The Balaban J connectivity index is 1.43. The molecule has 0 radical (unpaired) electrons. The molecule has 6 nitrogen and oxygen atoms in total. The van der Waals surface area contributed by atoms with Crippen LogP contribution in [-0.4, -0.2) is 67.2 Å². The average Bonchev–Trinajstić information content (AvgIpc) is 3.09. The van der Waals surface area contributed by atoms with Crippen molar-refractivity contribution in [1.82, 2.24) is 14.5 Å². The number of ether oxygens (including phenoxy) is 1. The molecule has 1 aliphatic carbocycles. The Morgan fingerprint density at radius 2 is 2.06 bits per heavy atom. The van der Waals surface area contributed by atoms with Crippen LogP contribution in [-0.2, 0) is 4.74 Å². The van der Waals surface area contributed by atoms with Gasteiger partial charge in [0.25, 0.3) is 0 Å². The summed E-state index contributed by atoms with van der Waals surface area (Å²) in [5.74, 6) is 1.10. The van der Waals surface area contributed by atoms with Crippen molar-refractivity contribution in [3.63, 3.8) is 0 Å². The molecule has 5 fully saturated rings. The molecule has 2 bridgehead atoms. The molecule has 7 heterocycles. The first-order valence-corrected chi connectivity index (χ1v) is 11.7. The van der Waals surface area contributed by atoms with Crippen LogP contribution < -0.4 is 9.38 Å². The average molecular weight is 417 g/mol. The fraction of sp³-hybridized carbons (Fsp3) is 0.560. The summed E-state index contributed by atoms with van der Waals surface area (Å²) >= 11 is 0. The SMILES string of the molecule is CC1(C)CC2C[C@]3(C1)C[N+]23c1cc(N2CCOCC2)nc2c(C3=CC=NC3)nccc12. The minimum absolute atomic E-state index is 0.460. The molecular formula is C25H30N5O+. The molecule has 1 saturated carbocycles. The highest BCUT2D eigenvalue weighted by Gasteiger charge is 2.86. The maximum atomic E-state index is 5.62. The molecule has 1 spiro atoms. The van der Waals surface area contributed by atoms with Crippen LogP contribution in [0.15, 0.2) is 29.4 Å². The summed E-state index contributed by atoms with van der Waals surface area (Å²) in [5, 5.41) is 1.29. The van der Waals surface area contributed by atoms with Gasteiger partial charge in [-0.3, -0.25) is 14.5 Å². The van der Waals surface area contributed by atoms with Crippen LogP contribution in [0.3, 0.4) is 0 Å². The largest absolute Gasteiger partial charge is 0.378 e. The number of rotatable bonds is 3. The number of aliphatic imine (C=N–C) groups is 1. The lowest BCUT2D eigenvalue weighted by atomic mass is 9.64. The van der Waals surface area contributed by atoms with Crippen molar-refractivity contribution in [2.24, 2.45) is 10.4 Å². The normalized spacial score (nSPS) is 35.0. The number of hydrogen-bond donors (Lipinski definition) is 0. The molecule has 0 N–H and O–H groups in total. The molecule has 0 aromatic carbocycles. The number of anilines is 1. The molecule has 2 aromatic heterocycles. The fourth-order valence-electron chi connectivity index (χ4n) is 7.43. The maximum Gasteiger partial charge on any atom is 0.160 e. The Labute approximate surface area is 183 Å². The second kappa shape index (κ2) is 5.93. The zero-order valence-corrected chi connectivity index (χ0v) is 18.5. The summed E-state index contributed by atoms with van der Waals surface area (Å²) in [6.07, 6.45) is 10.0. The monoisotopic (exact) mass is 416 g/mol. The minimum Gasteiger partial charge on any atom is -0.378 e. The number of pyridine rings is 2. The number of morpholine rings is 1. The van der Waals surface area contributed by atoms with Crippen molar-refractivity contribution in [3.05, 3.63) is 30.1 Å². The summed E-state index contributed by atoms with van der Waals surface area (Å²) in [6, 6.07) is 5.37. The quantitative estimate of drug-likeness (QED) is 0.567. The van der Waals surface area contributed by atoms with Crippen molar-refractivity contribution < 1.29 is 4.74 Å². The third-order valence-corrected chi connectivity index (χ3v) is 8.53. The van der Waals surface area contributed by atoms with Crippen LogP contribution in [0, 0.1) is 5.41 Å². The molecule has 2 unspecified atom stereocenters. The number of allylic oxidation sites excluding steroid dienone is 1. The zero-order chi connectivity index (χ0) is 20.8. The van der Waals surface area contributed by atoms with E-state index in [-0.39, 0.29) is 0 Å². The van der Waals surface area contributed by atoms with Gasteiger partial charge in [-0.05, 0) is 17.6 Å². The number of fused-ring (bicyclic) bond motifs is 3. The van der Waals surface area contributed by atoms with Crippen LogP contribution >= 0.6 is 0 Å². The summed E-state index contributed by atoms with van der Waals surface area (Å²) in [7, 11) is 0. The van der Waals surface area contributed by atoms with Crippen molar-refractivity contribution in [2.45, 2.75) is 44.7 Å². The predicted molar refractivity (Wildman–Crippen MR) is 125 cm³/mol. The van der Waals surface area contributed by atoms with Gasteiger partial charge in [0.05, 0.1) is 37.3 Å². The highest BCUT2D eigenvalue weighted by molar-refractivity contribution is 6.02. The number of hydrogen-bond acceptors (Lipinski definition) is 5. The highest BCUT2D eigenvalue weighted by atomic mass is 16.5. The first-order chi connectivity index (χ1) is 15.0. The van der Waals surface area contributed by atoms with E-state index in [0.29, 0.717) is 17.5 Å². The fourth-order valence-corrected chi connectivity index (χ4v) is 7.43. The van der Waals surface area contributed by atoms with Gasteiger partial charge in [-0.2, -0.15) is 0 Å². The number of quaternary nitrogens is 1. The maximum absolute atomic E-state index is 5.62. The number of piperidine rings is 1. The number of aromatic nitrogens is 2. The Hall–Kier alpha value is -2.31. The van der Waals surface area contributed by atoms with Crippen molar-refractivity contribution in [2.75, 3.05) is 44.3 Å². The highest BCUT2D eigenvalue weighted by Crippen LogP contribution is 2.72. The van der Waals surface area contributed by atoms with Gasteiger partial charge in [0.2, 0.25) is 0 Å². The van der Waals surface area contributed by atoms with Crippen LogP contribution in [0.1, 0.15) is 38.8 Å². The molecule has 160 valence electrons. The minimum atomic E-state index is 0.460. The van der Waals surface area contributed by atoms with Gasteiger partial charge in [0.15, 0.2) is 5.54 Å². The standard InChI is InChI=1S/C25H30N5O/c1-24(2)12-18-13-25(15-24)16-30(18,25)20-11-21(29-7-9-31-10-8-29)28-23-19(20)4-6-27-22(23)17-3-5-26-14-17/h3-6,11,18H,7-10,12-16H2,1-2H3/q+1/t18?,25-,30?/m0/s1. The molecule has 2 aromatic rings. The van der Waals surface area contributed by atoms with E-state index >= 15 is 0 Å². The molecule has 31 heavy (non-hydrogen) atoms. The van der Waals surface area contributed by atoms with Crippen molar-refractivity contribution in [3.8, 4) is 0 Å². The van der Waals surface area contributed by atoms with Gasteiger partial charge in [-0.25, -0.2) is 4.98 Å². The second-order valence-electron chi connectivity index (χ2n) is 11.0. The van der Waals surface area contributed by atoms with Crippen molar-refractivity contribution in [1.29, 1.82) is 0 Å². The molecule has 6 aliphatic rings. The van der Waals surface area contributed by atoms with E-state index < -0.39 is 0 Å². The van der Waals surface area contributed by atoms with E-state index in [9.17, 15) is 0 Å². The predicted octanol–water partition coefficient (Wildman–Crippen LogP) is 3.59. The zero-order valence-electron chi connectivity index (χ0n) is 18.5. The van der Waals surface area contributed by atoms with E-state index in [2.05, 4.69) is 41.9 Å². The molecule has 4 saturated heterocycles. The van der Waals surface area contributed by atoms with E-state index in [0.717, 1.165) is 49.4 Å². The van der Waals surface area contributed by atoms with Crippen LogP contribution in [0.5, 0.6) is 0 Å². The number of nitrogens with zero attached hydrogens (tertiary/aromatic N) is 5. The van der Waals surface area contributed by atoms with Gasteiger partial charge < -0.3 is 9.64 Å². The smallest absolute Gasteiger partial charge is 0.160 e. The Kier molecular flexibility index (Phi) is 3.49. The Morgan fingerprint density at radius 1 is 1.19 bits per heavy atom. The summed E-state index contributed by atoms with van der Waals surface area (Å²) in [5.41, 5.74) is 5.65. The molecule has 0 amide bonds. The molecular weight excluding hydrogens is 386 g/mol. The first kappa shape index (κ1) is 18.3. The lowest BCUT2D eigenvalue weighted by Crippen LogP contribution is -2.64. The van der Waals surface area contributed by atoms with E-state index in [4.69, 9.17) is 14.7 Å². The van der Waals surface area contributed by atoms with Gasteiger partial charge in [0, 0.05) is 50.0 Å². The lowest BCUT2D eigenvalue weighted by Gasteiger charge is -2.53. The first-order valence-electron chi connectivity index (χ1n) is 11.7. The van der Waals surface area contributed by atoms with E-state index in [1.807, 2.05) is 12.4 Å². The molecule has 8 rings (SSSR count). The summed E-state index contributed by atoms with van der Waals surface area (Å²) in [6.45, 7) is 10.3. The topological polar surface area (TPSA) is 50.6 Å². The summed E-state index contributed by atoms with van der Waals surface area (Å²) < 4.78 is 6.81. The van der Waals surface area contributed by atoms with Crippen LogP contribution in [0.2, 0.25) is 0 Å². The third kappa shape index (κ3) is 2.38. The molecule has 6 heteroatoms. The van der Waals surface area contributed by atoms with E-state index in [1.54, 1.807) is 0 Å². The molecule has 3 atom stereocenters. The van der Waals surface area contributed by atoms with Gasteiger partial charge in [-0.1, -0.05) is 13.8 Å². The Bertz CT molecular complexity index is 1160. The van der Waals surface area contributed by atoms with Crippen LogP contribution in [0.25, 0.3) is 16.5 Å². The van der Waals surface area contributed by atoms with E-state index in [1.165, 1.54) is 46.9 Å². The van der Waals surface area contributed by atoms with Crippen LogP contribution in [0.4, 0.5) is 11.5 Å². The Morgan fingerprint density at radius 3 is 2.84 bits per heavy atom. The van der Waals surface area contributed by atoms with Gasteiger partial charge in [-0.15, -0.1) is 0 Å². The van der Waals surface area contributed by atoms with Gasteiger partial charge in [0.1, 0.15) is 29.6 Å². The van der Waals surface area contributed by atoms with Crippen molar-refractivity contribution >= 4 is 34.2 Å². The third-order valence-electron chi connectivity index (χ3n) is 8.53. The summed E-state index contributed by atoms with van der Waals surface area (Å²) in [4.78, 5) is 16.8. The molecule has 5 aliphatic heterocycles. The second-order valence-corrected chi connectivity index (χ2v) is 11.0.